The molecule has 0 N–H and O–H groups in total. The van der Waals surface area contributed by atoms with E-state index in [2.05, 4.69) is 53.6 Å². The van der Waals surface area contributed by atoms with Crippen molar-refractivity contribution in [2.45, 2.75) is 45.1 Å². The number of benzene rings is 4. The zero-order valence-electron chi connectivity index (χ0n) is 26.7. The molecule has 2 aromatic heterocycles. The largest absolute Gasteiger partial charge is 0.392 e. The number of allylic oxidation sites excluding steroid dienone is 1. The molecule has 47 heavy (non-hydrogen) atoms. The van der Waals surface area contributed by atoms with Gasteiger partial charge in [-0.2, -0.15) is 4.98 Å². The second-order valence-corrected chi connectivity index (χ2v) is 12.2. The molecule has 6 aromatic rings. The molecule has 0 radical (unpaired) electrons. The number of para-hydroxylation sites is 1. The molecule has 6 heteroatoms. The normalized spacial score (nSPS) is 14.6. The molecule has 0 fully saturated rings. The second-order valence-electron chi connectivity index (χ2n) is 12.2. The van der Waals surface area contributed by atoms with Gasteiger partial charge in [-0.25, -0.2) is 0 Å². The molecule has 0 amide bonds. The number of hydrogen-bond acceptors (Lipinski definition) is 4. The molecule has 0 saturated carbocycles. The Balaban J connectivity index is 1.41. The number of carbonyl (C=O) groups excluding carboxylic acids is 2. The van der Waals surface area contributed by atoms with E-state index in [0.717, 1.165) is 57.5 Å². The Hall–Kier alpha value is -5.49. The number of carbonyl (C=O) groups is 2. The minimum Gasteiger partial charge on any atom is -0.392 e. The molecule has 1 atom stereocenters. The van der Waals surface area contributed by atoms with Crippen LogP contribution in [0.25, 0.3) is 10.9 Å². The van der Waals surface area contributed by atoms with Gasteiger partial charge in [0, 0.05) is 36.0 Å². The molecule has 0 saturated heterocycles. The van der Waals surface area contributed by atoms with Crippen molar-refractivity contribution in [3.63, 3.8) is 0 Å². The van der Waals surface area contributed by atoms with Crippen LogP contribution in [-0.4, -0.2) is 26.0 Å². The Morgan fingerprint density at radius 1 is 0.894 bits per heavy atom. The van der Waals surface area contributed by atoms with Crippen molar-refractivity contribution in [3.05, 3.63) is 167 Å². The van der Waals surface area contributed by atoms with Crippen LogP contribution in [-0.2, 0) is 29.6 Å². The van der Waals surface area contributed by atoms with Crippen LogP contribution in [0.3, 0.4) is 0 Å². The van der Waals surface area contributed by atoms with Gasteiger partial charge in [0.05, 0.1) is 11.2 Å². The molecule has 1 aliphatic rings. The van der Waals surface area contributed by atoms with Crippen LogP contribution in [0.5, 0.6) is 6.01 Å². The molecular formula is C41H37N3O3. The highest BCUT2D eigenvalue weighted by molar-refractivity contribution is 5.98. The topological polar surface area (TPSA) is 66.1 Å². The first kappa shape index (κ1) is 30.2. The molecule has 3 heterocycles. The van der Waals surface area contributed by atoms with E-state index in [0.29, 0.717) is 12.8 Å². The Bertz CT molecular complexity index is 2000. The van der Waals surface area contributed by atoms with E-state index in [1.54, 1.807) is 0 Å². The summed E-state index contributed by atoms with van der Waals surface area (Å²) < 4.78 is 9.92. The van der Waals surface area contributed by atoms with Gasteiger partial charge in [0.2, 0.25) is 5.91 Å². The highest BCUT2D eigenvalue weighted by Gasteiger charge is 2.43. The van der Waals surface area contributed by atoms with Crippen LogP contribution >= 0.6 is 0 Å². The third-order valence-electron chi connectivity index (χ3n) is 9.50. The van der Waals surface area contributed by atoms with Gasteiger partial charge >= 0.3 is 12.0 Å². The lowest BCUT2D eigenvalue weighted by Crippen LogP contribution is -2.39. The molecule has 7 rings (SSSR count). The van der Waals surface area contributed by atoms with E-state index in [1.807, 2.05) is 90.4 Å². The monoisotopic (exact) mass is 619 g/mol. The first-order valence-electron chi connectivity index (χ1n) is 16.1. The lowest BCUT2D eigenvalue weighted by Gasteiger charge is -2.39. The van der Waals surface area contributed by atoms with Crippen molar-refractivity contribution in [1.29, 1.82) is 0 Å². The van der Waals surface area contributed by atoms with Gasteiger partial charge in [-0.1, -0.05) is 115 Å². The number of rotatable bonds is 9. The number of hydrogen-bond donors (Lipinski definition) is 0. The summed E-state index contributed by atoms with van der Waals surface area (Å²) >= 11 is 0. The first-order chi connectivity index (χ1) is 22.9. The van der Waals surface area contributed by atoms with Crippen LogP contribution in [0.2, 0.25) is 0 Å². The van der Waals surface area contributed by atoms with Crippen LogP contribution < -0.4 is 4.74 Å². The van der Waals surface area contributed by atoms with E-state index in [4.69, 9.17) is 9.72 Å². The third kappa shape index (κ3) is 5.01. The summed E-state index contributed by atoms with van der Waals surface area (Å²) in [5.74, 6) is -0.680. The van der Waals surface area contributed by atoms with Gasteiger partial charge < -0.3 is 4.74 Å². The standard InChI is InChI=1S/C41H37N3O3/c1-4-16-34-35-23-14-15-24-37(35)43-38(34)26-25-30(39(43)46)27-36-28(2)44(40(42-36)47-29(3)45)41(31-17-8-5-9-18-31,32-19-10-6-11-20-32)33-21-12-7-13-22-33/h4-15,17-24,30H,1,16,25-27H2,2-3H3. The number of aromatic nitrogens is 3. The molecule has 6 nitrogen and oxygen atoms in total. The Morgan fingerprint density at radius 2 is 1.45 bits per heavy atom. The van der Waals surface area contributed by atoms with Crippen LogP contribution in [0.1, 0.15) is 57.5 Å². The van der Waals surface area contributed by atoms with Crippen molar-refractivity contribution in [1.82, 2.24) is 14.1 Å². The van der Waals surface area contributed by atoms with Crippen molar-refractivity contribution < 1.29 is 14.3 Å². The molecule has 4 aromatic carbocycles. The average molecular weight is 620 g/mol. The summed E-state index contributed by atoms with van der Waals surface area (Å²) in [5.41, 5.74) is 6.81. The zero-order chi connectivity index (χ0) is 32.5. The Morgan fingerprint density at radius 3 is 2.00 bits per heavy atom. The van der Waals surface area contributed by atoms with E-state index < -0.39 is 11.5 Å². The molecule has 1 aliphatic heterocycles. The van der Waals surface area contributed by atoms with E-state index >= 15 is 0 Å². The predicted molar refractivity (Wildman–Crippen MR) is 185 cm³/mol. The quantitative estimate of drug-likeness (QED) is 0.0932. The summed E-state index contributed by atoms with van der Waals surface area (Å²) in [6.45, 7) is 7.38. The number of imidazole rings is 1. The van der Waals surface area contributed by atoms with Gasteiger partial charge in [-0.15, -0.1) is 6.58 Å². The van der Waals surface area contributed by atoms with Gasteiger partial charge in [0.15, 0.2) is 0 Å². The van der Waals surface area contributed by atoms with Crippen molar-refractivity contribution in [2.24, 2.45) is 5.92 Å². The minimum absolute atomic E-state index is 0.0705. The highest BCUT2D eigenvalue weighted by atomic mass is 16.5. The Labute approximate surface area is 275 Å². The number of ether oxygens (including phenoxy) is 1. The van der Waals surface area contributed by atoms with Crippen LogP contribution in [0, 0.1) is 12.8 Å². The van der Waals surface area contributed by atoms with Gasteiger partial charge in [-0.3, -0.25) is 18.7 Å². The smallest absolute Gasteiger partial charge is 0.310 e. The fourth-order valence-corrected chi connectivity index (χ4v) is 7.52. The van der Waals surface area contributed by atoms with Crippen molar-refractivity contribution >= 4 is 22.8 Å². The highest BCUT2D eigenvalue weighted by Crippen LogP contribution is 2.45. The number of esters is 1. The predicted octanol–water partition coefficient (Wildman–Crippen LogP) is 8.09. The fraction of sp³-hybridized carbons (Fsp3) is 0.195. The van der Waals surface area contributed by atoms with Gasteiger partial charge in [0.25, 0.3) is 0 Å². The van der Waals surface area contributed by atoms with Crippen LogP contribution in [0.4, 0.5) is 0 Å². The summed E-state index contributed by atoms with van der Waals surface area (Å²) in [4.78, 5) is 32.0. The molecule has 0 aliphatic carbocycles. The zero-order valence-corrected chi connectivity index (χ0v) is 26.7. The maximum absolute atomic E-state index is 14.3. The molecule has 0 spiro atoms. The molecular weight excluding hydrogens is 582 g/mol. The SMILES string of the molecule is C=CCc1c2n(c3ccccc13)C(=O)C(Cc1nc(OC(C)=O)n(C(c3ccccc3)(c3ccccc3)c3ccccc3)c1C)CC2. The fourth-order valence-electron chi connectivity index (χ4n) is 7.52. The lowest BCUT2D eigenvalue weighted by molar-refractivity contribution is -0.132. The lowest BCUT2D eigenvalue weighted by atomic mass is 9.76. The molecule has 234 valence electrons. The average Bonchev–Trinajstić information content (AvgIpc) is 3.58. The summed E-state index contributed by atoms with van der Waals surface area (Å²) in [6.07, 6.45) is 4.53. The van der Waals surface area contributed by atoms with Crippen molar-refractivity contribution in [2.75, 3.05) is 0 Å². The maximum Gasteiger partial charge on any atom is 0.310 e. The summed E-state index contributed by atoms with van der Waals surface area (Å²) in [6, 6.07) is 39.0. The summed E-state index contributed by atoms with van der Waals surface area (Å²) in [5, 5.41) is 1.10. The van der Waals surface area contributed by atoms with E-state index in [9.17, 15) is 9.59 Å². The van der Waals surface area contributed by atoms with Gasteiger partial charge in [-0.05, 0) is 54.5 Å². The maximum atomic E-state index is 14.3. The first-order valence-corrected chi connectivity index (χ1v) is 16.1. The number of nitrogens with zero attached hydrogens (tertiary/aromatic N) is 3. The molecule has 1 unspecified atom stereocenters. The van der Waals surface area contributed by atoms with E-state index in [1.165, 1.54) is 12.5 Å². The Kier molecular flexibility index (Phi) is 7.94. The van der Waals surface area contributed by atoms with Crippen LogP contribution in [0.15, 0.2) is 128 Å². The molecule has 0 bridgehead atoms. The second kappa shape index (κ2) is 12.4. The van der Waals surface area contributed by atoms with E-state index in [-0.39, 0.29) is 17.8 Å². The minimum atomic E-state index is -0.927. The van der Waals surface area contributed by atoms with Crippen molar-refractivity contribution in [3.8, 4) is 6.01 Å². The number of fused-ring (bicyclic) bond motifs is 3. The summed E-state index contributed by atoms with van der Waals surface area (Å²) in [7, 11) is 0. The van der Waals surface area contributed by atoms with Gasteiger partial charge in [0.1, 0.15) is 5.54 Å². The third-order valence-corrected chi connectivity index (χ3v) is 9.50.